The molecular weight excluding hydrogens is 408 g/mol. The van der Waals surface area contributed by atoms with Crippen LogP contribution in [0.15, 0.2) is 42.5 Å². The van der Waals surface area contributed by atoms with Crippen molar-refractivity contribution in [1.29, 1.82) is 0 Å². The number of fused-ring (bicyclic) bond motifs is 1. The van der Waals surface area contributed by atoms with Gasteiger partial charge in [0.15, 0.2) is 17.3 Å². The maximum absolute atomic E-state index is 13.0. The van der Waals surface area contributed by atoms with Crippen LogP contribution in [0.4, 0.5) is 0 Å². The lowest BCUT2D eigenvalue weighted by molar-refractivity contribution is -0.135. The molecule has 32 heavy (non-hydrogen) atoms. The maximum Gasteiger partial charge on any atom is 0.314 e. The molecule has 1 aliphatic heterocycles. The number of hydrogen-bond donors (Lipinski definition) is 0. The predicted molar refractivity (Wildman–Crippen MR) is 121 cm³/mol. The van der Waals surface area contributed by atoms with Crippen molar-refractivity contribution in [2.45, 2.75) is 32.3 Å². The minimum absolute atomic E-state index is 0.0277. The van der Waals surface area contributed by atoms with Gasteiger partial charge in [-0.3, -0.25) is 9.59 Å². The lowest BCUT2D eigenvalue weighted by Crippen LogP contribution is -2.28. The second kappa shape index (κ2) is 8.54. The zero-order valence-corrected chi connectivity index (χ0v) is 18.6. The van der Waals surface area contributed by atoms with Crippen molar-refractivity contribution in [2.75, 3.05) is 14.2 Å². The van der Waals surface area contributed by atoms with Crippen LogP contribution in [-0.2, 0) is 4.79 Å². The Morgan fingerprint density at radius 2 is 1.75 bits per heavy atom. The van der Waals surface area contributed by atoms with Crippen LogP contribution in [0.2, 0.25) is 0 Å². The van der Waals surface area contributed by atoms with Crippen LogP contribution in [0.1, 0.15) is 48.2 Å². The van der Waals surface area contributed by atoms with Crippen molar-refractivity contribution in [3.63, 3.8) is 0 Å². The molecule has 1 aliphatic carbocycles. The molecule has 1 heterocycles. The van der Waals surface area contributed by atoms with Crippen molar-refractivity contribution in [3.8, 4) is 23.0 Å². The summed E-state index contributed by atoms with van der Waals surface area (Å²) in [5.41, 5.74) is 1.36. The fourth-order valence-corrected chi connectivity index (χ4v) is 3.45. The van der Waals surface area contributed by atoms with E-state index in [2.05, 4.69) is 0 Å². The number of carbonyl (C=O) groups excluding carboxylic acids is 2. The SMILES string of the molecule is COc1ccc(/C=C/C(=O)c2ccc(OC)c3c2OC(C)(C)C=C3)cc1OC(=O)C1CC1. The molecule has 0 aromatic heterocycles. The van der Waals surface area contributed by atoms with E-state index in [4.69, 9.17) is 18.9 Å². The summed E-state index contributed by atoms with van der Waals surface area (Å²) in [6, 6.07) is 8.66. The van der Waals surface area contributed by atoms with Gasteiger partial charge in [-0.05, 0) is 74.7 Å². The molecule has 0 saturated heterocycles. The second-order valence-electron chi connectivity index (χ2n) is 8.40. The third-order valence-electron chi connectivity index (χ3n) is 5.39. The minimum Gasteiger partial charge on any atom is -0.496 e. The predicted octanol–water partition coefficient (Wildman–Crippen LogP) is 5.10. The van der Waals surface area contributed by atoms with Crippen LogP contribution in [0.25, 0.3) is 12.2 Å². The molecule has 0 bridgehead atoms. The Kier molecular flexibility index (Phi) is 5.78. The highest BCUT2D eigenvalue weighted by Crippen LogP contribution is 2.40. The fraction of sp³-hybridized carbons (Fsp3) is 0.308. The molecule has 6 nitrogen and oxygen atoms in total. The highest BCUT2D eigenvalue weighted by Gasteiger charge is 2.32. The van der Waals surface area contributed by atoms with Gasteiger partial charge in [0.2, 0.25) is 0 Å². The summed E-state index contributed by atoms with van der Waals surface area (Å²) >= 11 is 0. The van der Waals surface area contributed by atoms with Crippen LogP contribution < -0.4 is 18.9 Å². The van der Waals surface area contributed by atoms with Gasteiger partial charge < -0.3 is 18.9 Å². The Hall–Kier alpha value is -3.54. The summed E-state index contributed by atoms with van der Waals surface area (Å²) < 4.78 is 22.3. The van der Waals surface area contributed by atoms with Gasteiger partial charge in [0, 0.05) is 0 Å². The van der Waals surface area contributed by atoms with Crippen LogP contribution in [-0.4, -0.2) is 31.6 Å². The van der Waals surface area contributed by atoms with Gasteiger partial charge in [-0.1, -0.05) is 12.1 Å². The summed E-state index contributed by atoms with van der Waals surface area (Å²) in [6.07, 6.45) is 8.72. The Morgan fingerprint density at radius 3 is 2.44 bits per heavy atom. The van der Waals surface area contributed by atoms with E-state index in [1.54, 1.807) is 43.5 Å². The molecule has 0 spiro atoms. The molecule has 0 radical (unpaired) electrons. The van der Waals surface area contributed by atoms with Crippen LogP contribution >= 0.6 is 0 Å². The fourth-order valence-electron chi connectivity index (χ4n) is 3.45. The lowest BCUT2D eigenvalue weighted by Gasteiger charge is -2.29. The van der Waals surface area contributed by atoms with E-state index in [9.17, 15) is 9.59 Å². The van der Waals surface area contributed by atoms with Gasteiger partial charge >= 0.3 is 5.97 Å². The molecule has 2 aliphatic rings. The lowest BCUT2D eigenvalue weighted by atomic mass is 9.97. The van der Waals surface area contributed by atoms with Crippen molar-refractivity contribution in [2.24, 2.45) is 5.92 Å². The molecule has 0 unspecified atom stereocenters. The van der Waals surface area contributed by atoms with Gasteiger partial charge in [0.25, 0.3) is 0 Å². The molecule has 6 heteroatoms. The number of ketones is 1. The third-order valence-corrected chi connectivity index (χ3v) is 5.39. The van der Waals surface area contributed by atoms with Gasteiger partial charge in [-0.15, -0.1) is 0 Å². The summed E-state index contributed by atoms with van der Waals surface area (Å²) in [5.74, 6) is 1.47. The smallest absolute Gasteiger partial charge is 0.314 e. The van der Waals surface area contributed by atoms with Crippen molar-refractivity contribution in [3.05, 3.63) is 59.2 Å². The van der Waals surface area contributed by atoms with Crippen LogP contribution in [0.5, 0.6) is 23.0 Å². The largest absolute Gasteiger partial charge is 0.496 e. The van der Waals surface area contributed by atoms with Gasteiger partial charge in [0.1, 0.15) is 17.1 Å². The number of hydrogen-bond acceptors (Lipinski definition) is 6. The molecule has 1 fully saturated rings. The van der Waals surface area contributed by atoms with Gasteiger partial charge in [0.05, 0.1) is 31.3 Å². The average Bonchev–Trinajstić information content (AvgIpc) is 3.61. The summed E-state index contributed by atoms with van der Waals surface area (Å²) in [7, 11) is 3.10. The molecule has 1 saturated carbocycles. The quantitative estimate of drug-likeness (QED) is 0.261. The van der Waals surface area contributed by atoms with Gasteiger partial charge in [-0.25, -0.2) is 0 Å². The third kappa shape index (κ3) is 4.54. The number of methoxy groups -OCH3 is 2. The zero-order chi connectivity index (χ0) is 22.9. The first-order chi connectivity index (χ1) is 15.3. The Labute approximate surface area is 187 Å². The number of rotatable bonds is 7. The monoisotopic (exact) mass is 434 g/mol. The molecule has 0 N–H and O–H groups in total. The normalized spacial score (nSPS) is 16.2. The van der Waals surface area contributed by atoms with E-state index in [0.29, 0.717) is 34.1 Å². The topological polar surface area (TPSA) is 71.1 Å². The summed E-state index contributed by atoms with van der Waals surface area (Å²) in [4.78, 5) is 25.1. The van der Waals surface area contributed by atoms with E-state index in [1.807, 2.05) is 26.0 Å². The maximum atomic E-state index is 13.0. The number of ether oxygens (including phenoxy) is 4. The van der Waals surface area contributed by atoms with Crippen molar-refractivity contribution in [1.82, 2.24) is 0 Å². The molecule has 0 atom stereocenters. The number of allylic oxidation sites excluding steroid dienone is 1. The van der Waals surface area contributed by atoms with E-state index >= 15 is 0 Å². The Balaban J connectivity index is 1.60. The molecule has 2 aromatic rings. The minimum atomic E-state index is -0.533. The number of esters is 1. The first-order valence-electron chi connectivity index (χ1n) is 10.5. The van der Waals surface area contributed by atoms with Crippen molar-refractivity contribution >= 4 is 23.9 Å². The molecule has 2 aromatic carbocycles. The van der Waals surface area contributed by atoms with Crippen molar-refractivity contribution < 1.29 is 28.5 Å². The average molecular weight is 434 g/mol. The highest BCUT2D eigenvalue weighted by atomic mass is 16.6. The number of carbonyl (C=O) groups is 2. The van der Waals surface area contributed by atoms with Gasteiger partial charge in [-0.2, -0.15) is 0 Å². The van der Waals surface area contributed by atoms with Crippen LogP contribution in [0, 0.1) is 5.92 Å². The first-order valence-corrected chi connectivity index (χ1v) is 10.5. The second-order valence-corrected chi connectivity index (χ2v) is 8.40. The summed E-state index contributed by atoms with van der Waals surface area (Å²) in [5, 5.41) is 0. The van der Waals surface area contributed by atoms with Crippen LogP contribution in [0.3, 0.4) is 0 Å². The van der Waals surface area contributed by atoms with E-state index in [1.165, 1.54) is 13.2 Å². The zero-order valence-electron chi connectivity index (χ0n) is 18.6. The van der Waals surface area contributed by atoms with E-state index in [0.717, 1.165) is 18.4 Å². The molecule has 4 rings (SSSR count). The first kappa shape index (κ1) is 21.7. The summed E-state index contributed by atoms with van der Waals surface area (Å²) in [6.45, 7) is 3.86. The Morgan fingerprint density at radius 1 is 1.03 bits per heavy atom. The van der Waals surface area contributed by atoms with E-state index in [-0.39, 0.29) is 17.7 Å². The molecular formula is C26H26O6. The number of benzene rings is 2. The van der Waals surface area contributed by atoms with E-state index < -0.39 is 5.60 Å². The molecule has 166 valence electrons. The Bertz CT molecular complexity index is 1120. The highest BCUT2D eigenvalue weighted by molar-refractivity contribution is 6.09. The standard InChI is InChI=1S/C26H26O6/c1-26(2)14-13-19-21(29-3)12-9-18(24(19)32-26)20(27)10-5-16-6-11-22(30-4)23(15-16)31-25(28)17-7-8-17/h5-6,9-15,17H,7-8H2,1-4H3/b10-5+. The molecule has 0 amide bonds.